The second kappa shape index (κ2) is 6.41. The van der Waals surface area contributed by atoms with Gasteiger partial charge in [-0.2, -0.15) is 10.6 Å². The smallest absolute Gasteiger partial charge is 0.325 e. The lowest BCUT2D eigenvalue weighted by Crippen LogP contribution is -2.18. The molecule has 1 atom stereocenters. The van der Waals surface area contributed by atoms with Crippen LogP contribution in [0.5, 0.6) is 0 Å². The van der Waals surface area contributed by atoms with Crippen molar-refractivity contribution in [3.05, 3.63) is 65.9 Å². The van der Waals surface area contributed by atoms with Crippen LogP contribution in [0, 0.1) is 0 Å². The fourth-order valence-corrected chi connectivity index (χ4v) is 2.61. The topological polar surface area (TPSA) is 67.0 Å². The molecule has 0 spiro atoms. The van der Waals surface area contributed by atoms with Gasteiger partial charge in [-0.3, -0.25) is 9.89 Å². The molecule has 2 aromatic carbocycles. The number of nitrogens with one attached hydrogen (secondary N) is 2. The van der Waals surface area contributed by atoms with E-state index in [-0.39, 0.29) is 18.3 Å². The van der Waals surface area contributed by atoms with E-state index in [0.717, 1.165) is 22.0 Å². The van der Waals surface area contributed by atoms with Gasteiger partial charge in [-0.1, -0.05) is 42.5 Å². The number of H-pyrrole nitrogens is 1. The first-order chi connectivity index (χ1) is 10.8. The lowest BCUT2D eigenvalue weighted by molar-refractivity contribution is -0.150. The van der Waals surface area contributed by atoms with Crippen LogP contribution in [0.2, 0.25) is 0 Å². The quantitative estimate of drug-likeness (QED) is 0.710. The Balaban J connectivity index is 1.98. The molecule has 0 fully saturated rings. The van der Waals surface area contributed by atoms with Crippen molar-refractivity contribution in [2.75, 3.05) is 7.05 Å². The molecule has 0 aliphatic heterocycles. The van der Waals surface area contributed by atoms with Crippen LogP contribution in [-0.4, -0.2) is 23.2 Å². The summed E-state index contributed by atoms with van der Waals surface area (Å²) >= 11 is 0. The summed E-state index contributed by atoms with van der Waals surface area (Å²) in [5.41, 5.74) is 5.52. The zero-order chi connectivity index (χ0) is 15.4. The standard InChI is InChI=1S/C17H17N3O2/c1-18-22-17(21)10-15(12-5-3-2-4-6-12)13-7-8-14-11-19-20-16(14)9-13/h2-9,11,15,18H,10H2,1H3,(H,19,20)/t15-/m1/s1. The molecule has 0 saturated carbocycles. The number of fused-ring (bicyclic) bond motifs is 1. The van der Waals surface area contributed by atoms with Gasteiger partial charge in [0.05, 0.1) is 18.1 Å². The highest BCUT2D eigenvalue weighted by atomic mass is 16.7. The molecule has 1 heterocycles. The molecule has 0 radical (unpaired) electrons. The number of carbonyl (C=O) groups excluding carboxylic acids is 1. The van der Waals surface area contributed by atoms with Gasteiger partial charge in [-0.15, -0.1) is 0 Å². The van der Waals surface area contributed by atoms with E-state index in [1.807, 2.05) is 48.5 Å². The molecule has 0 bridgehead atoms. The Bertz CT molecular complexity index is 768. The SMILES string of the molecule is CNOC(=O)C[C@H](c1ccccc1)c1ccc2cn[nH]c2c1. The van der Waals surface area contributed by atoms with Crippen molar-refractivity contribution < 1.29 is 9.63 Å². The maximum absolute atomic E-state index is 11.9. The Morgan fingerprint density at radius 1 is 1.23 bits per heavy atom. The molecule has 22 heavy (non-hydrogen) atoms. The molecule has 0 aliphatic rings. The van der Waals surface area contributed by atoms with Crippen molar-refractivity contribution in [3.8, 4) is 0 Å². The summed E-state index contributed by atoms with van der Waals surface area (Å²) < 4.78 is 0. The third kappa shape index (κ3) is 2.99. The number of hydrogen-bond donors (Lipinski definition) is 2. The Hall–Kier alpha value is -2.66. The zero-order valence-electron chi connectivity index (χ0n) is 12.2. The van der Waals surface area contributed by atoms with Gasteiger partial charge in [0, 0.05) is 18.4 Å². The minimum atomic E-state index is -0.291. The molecule has 0 aliphatic carbocycles. The molecule has 5 nitrogen and oxygen atoms in total. The Labute approximate surface area is 128 Å². The Morgan fingerprint density at radius 3 is 2.82 bits per heavy atom. The fourth-order valence-electron chi connectivity index (χ4n) is 2.61. The first-order valence-electron chi connectivity index (χ1n) is 7.12. The van der Waals surface area contributed by atoms with Crippen molar-refractivity contribution in [2.45, 2.75) is 12.3 Å². The molecule has 0 saturated heterocycles. The van der Waals surface area contributed by atoms with Gasteiger partial charge < -0.3 is 4.84 Å². The van der Waals surface area contributed by atoms with Crippen LogP contribution in [-0.2, 0) is 9.63 Å². The average molecular weight is 295 g/mol. The summed E-state index contributed by atoms with van der Waals surface area (Å²) in [6, 6.07) is 16.0. The van der Waals surface area contributed by atoms with Crippen LogP contribution in [0.4, 0.5) is 0 Å². The summed E-state index contributed by atoms with van der Waals surface area (Å²) in [7, 11) is 1.58. The van der Waals surface area contributed by atoms with Crippen LogP contribution in [0.15, 0.2) is 54.7 Å². The molecule has 1 aromatic heterocycles. The van der Waals surface area contributed by atoms with Crippen LogP contribution < -0.4 is 5.48 Å². The molecular formula is C17H17N3O2. The predicted molar refractivity (Wildman–Crippen MR) is 84.1 cm³/mol. The van der Waals surface area contributed by atoms with E-state index in [1.54, 1.807) is 13.2 Å². The number of benzene rings is 2. The second-order valence-corrected chi connectivity index (χ2v) is 5.06. The largest absolute Gasteiger partial charge is 0.371 e. The van der Waals surface area contributed by atoms with E-state index in [0.29, 0.717) is 0 Å². The molecule has 0 amide bonds. The third-order valence-electron chi connectivity index (χ3n) is 3.66. The maximum Gasteiger partial charge on any atom is 0.325 e. The highest BCUT2D eigenvalue weighted by molar-refractivity contribution is 5.79. The minimum absolute atomic E-state index is 0.0604. The number of aromatic amines is 1. The molecule has 112 valence electrons. The highest BCUT2D eigenvalue weighted by Gasteiger charge is 2.19. The lowest BCUT2D eigenvalue weighted by Gasteiger charge is -2.17. The summed E-state index contributed by atoms with van der Waals surface area (Å²) in [4.78, 5) is 16.8. The monoisotopic (exact) mass is 295 g/mol. The summed E-state index contributed by atoms with van der Waals surface area (Å²) in [5, 5.41) is 8.05. The van der Waals surface area contributed by atoms with Crippen molar-refractivity contribution in [1.82, 2.24) is 15.7 Å². The number of hydroxylamine groups is 1. The van der Waals surface area contributed by atoms with Gasteiger partial charge in [0.25, 0.3) is 0 Å². The fraction of sp³-hybridized carbons (Fsp3) is 0.176. The number of hydrogen-bond acceptors (Lipinski definition) is 4. The van der Waals surface area contributed by atoms with E-state index in [9.17, 15) is 4.79 Å². The molecule has 3 rings (SSSR count). The van der Waals surface area contributed by atoms with Crippen molar-refractivity contribution >= 4 is 16.9 Å². The second-order valence-electron chi connectivity index (χ2n) is 5.06. The van der Waals surface area contributed by atoms with Crippen LogP contribution in [0.25, 0.3) is 10.9 Å². The molecular weight excluding hydrogens is 278 g/mol. The molecule has 2 N–H and O–H groups in total. The van der Waals surface area contributed by atoms with E-state index in [1.165, 1.54) is 0 Å². The van der Waals surface area contributed by atoms with Gasteiger partial charge in [0.2, 0.25) is 0 Å². The summed E-state index contributed by atoms with van der Waals surface area (Å²) in [5.74, 6) is -0.351. The number of aromatic nitrogens is 2. The van der Waals surface area contributed by atoms with Crippen molar-refractivity contribution in [2.24, 2.45) is 0 Å². The Morgan fingerprint density at radius 2 is 2.05 bits per heavy atom. The van der Waals surface area contributed by atoms with Crippen LogP contribution in [0.1, 0.15) is 23.5 Å². The number of rotatable bonds is 5. The van der Waals surface area contributed by atoms with Crippen LogP contribution >= 0.6 is 0 Å². The van der Waals surface area contributed by atoms with E-state index >= 15 is 0 Å². The van der Waals surface area contributed by atoms with Crippen molar-refractivity contribution in [1.29, 1.82) is 0 Å². The van der Waals surface area contributed by atoms with Crippen molar-refractivity contribution in [3.63, 3.8) is 0 Å². The summed E-state index contributed by atoms with van der Waals surface area (Å²) in [6.45, 7) is 0. The van der Waals surface area contributed by atoms with Gasteiger partial charge in [0.15, 0.2) is 0 Å². The van der Waals surface area contributed by atoms with Gasteiger partial charge >= 0.3 is 5.97 Å². The zero-order valence-corrected chi connectivity index (χ0v) is 12.2. The van der Waals surface area contributed by atoms with E-state index in [2.05, 4.69) is 15.7 Å². The number of nitrogens with zero attached hydrogens (tertiary/aromatic N) is 1. The maximum atomic E-state index is 11.9. The molecule has 0 unspecified atom stereocenters. The minimum Gasteiger partial charge on any atom is -0.371 e. The van der Waals surface area contributed by atoms with Crippen LogP contribution in [0.3, 0.4) is 0 Å². The van der Waals surface area contributed by atoms with Gasteiger partial charge in [-0.05, 0) is 17.2 Å². The van der Waals surface area contributed by atoms with E-state index in [4.69, 9.17) is 4.84 Å². The van der Waals surface area contributed by atoms with E-state index < -0.39 is 0 Å². The highest BCUT2D eigenvalue weighted by Crippen LogP contribution is 2.30. The van der Waals surface area contributed by atoms with Gasteiger partial charge in [0.1, 0.15) is 0 Å². The average Bonchev–Trinajstić information content (AvgIpc) is 3.01. The molecule has 3 aromatic rings. The first-order valence-corrected chi connectivity index (χ1v) is 7.12. The third-order valence-corrected chi connectivity index (χ3v) is 3.66. The predicted octanol–water partition coefficient (Wildman–Crippen LogP) is 2.76. The Kier molecular flexibility index (Phi) is 4.16. The lowest BCUT2D eigenvalue weighted by atomic mass is 9.88. The number of carbonyl (C=O) groups is 1. The van der Waals surface area contributed by atoms with Gasteiger partial charge in [-0.25, -0.2) is 0 Å². The first kappa shape index (κ1) is 14.3. The normalized spacial score (nSPS) is 12.2. The molecule has 5 heteroatoms. The summed E-state index contributed by atoms with van der Waals surface area (Å²) in [6.07, 6.45) is 2.05.